The number of thiophene rings is 1. The molecule has 2 aromatic carbocycles. The number of carbonyl (C=O) groups excluding carboxylic acids is 2. The Hall–Kier alpha value is -3.18. The van der Waals surface area contributed by atoms with Crippen molar-refractivity contribution in [3.63, 3.8) is 0 Å². The van der Waals surface area contributed by atoms with Gasteiger partial charge in [-0.3, -0.25) is 9.59 Å². The van der Waals surface area contributed by atoms with E-state index >= 15 is 0 Å². The number of aryl methyl sites for hydroxylation is 1. The molecule has 2 amide bonds. The summed E-state index contributed by atoms with van der Waals surface area (Å²) in [4.78, 5) is 31.1. The second kappa shape index (κ2) is 6.46. The lowest BCUT2D eigenvalue weighted by atomic mass is 10.1. The lowest BCUT2D eigenvalue weighted by molar-refractivity contribution is -0.120. The van der Waals surface area contributed by atoms with E-state index in [1.165, 1.54) is 21.8 Å². The van der Waals surface area contributed by atoms with Crippen molar-refractivity contribution in [1.29, 1.82) is 0 Å². The smallest absolute Gasteiger partial charge is 0.282 e. The Bertz CT molecular complexity index is 1110. The number of nitrogens with zero attached hydrogens (tertiary/aromatic N) is 2. The summed E-state index contributed by atoms with van der Waals surface area (Å²) in [6.07, 6.45) is 0.864. The van der Waals surface area contributed by atoms with Gasteiger partial charge in [-0.15, -0.1) is 11.3 Å². The zero-order valence-electron chi connectivity index (χ0n) is 15.4. The second-order valence-corrected chi connectivity index (χ2v) is 7.96. The van der Waals surface area contributed by atoms with Crippen LogP contribution in [-0.2, 0) is 16.0 Å². The number of hydrogen-bond acceptors (Lipinski definition) is 4. The summed E-state index contributed by atoms with van der Waals surface area (Å²) in [5.74, 6) is -0.510. The van der Waals surface area contributed by atoms with Crippen molar-refractivity contribution in [1.82, 2.24) is 0 Å². The molecule has 5 rings (SSSR count). The van der Waals surface area contributed by atoms with Crippen LogP contribution in [0.4, 0.5) is 11.4 Å². The van der Waals surface area contributed by atoms with Gasteiger partial charge in [-0.1, -0.05) is 42.0 Å². The van der Waals surface area contributed by atoms with Gasteiger partial charge < -0.3 is 4.90 Å². The zero-order chi connectivity index (χ0) is 19.3. The first-order valence-electron chi connectivity index (χ1n) is 9.24. The Morgan fingerprint density at radius 3 is 2.43 bits per heavy atom. The quantitative estimate of drug-likeness (QED) is 0.627. The molecule has 138 valence electrons. The van der Waals surface area contributed by atoms with Crippen LogP contribution in [0.25, 0.3) is 5.57 Å². The fraction of sp³-hybridized carbons (Fsp3) is 0.130. The van der Waals surface area contributed by atoms with E-state index in [2.05, 4.69) is 6.07 Å². The fourth-order valence-electron chi connectivity index (χ4n) is 3.91. The Morgan fingerprint density at radius 1 is 0.893 bits per heavy atom. The number of amides is 2. The van der Waals surface area contributed by atoms with Gasteiger partial charge in [0.25, 0.3) is 11.8 Å². The molecule has 28 heavy (non-hydrogen) atoms. The molecule has 3 aromatic rings. The van der Waals surface area contributed by atoms with E-state index in [0.717, 1.165) is 22.5 Å². The highest BCUT2D eigenvalue weighted by Gasteiger charge is 2.44. The molecule has 2 aliphatic rings. The van der Waals surface area contributed by atoms with Crippen LogP contribution in [0.3, 0.4) is 0 Å². The lowest BCUT2D eigenvalue weighted by Crippen LogP contribution is -2.34. The van der Waals surface area contributed by atoms with Crippen molar-refractivity contribution in [2.75, 3.05) is 16.3 Å². The third kappa shape index (κ3) is 2.51. The summed E-state index contributed by atoms with van der Waals surface area (Å²) in [5, 5.41) is 1.93. The predicted molar refractivity (Wildman–Crippen MR) is 112 cm³/mol. The average molecular weight is 386 g/mol. The van der Waals surface area contributed by atoms with Gasteiger partial charge in [0.05, 0.1) is 11.3 Å². The summed E-state index contributed by atoms with van der Waals surface area (Å²) in [6, 6.07) is 19.4. The van der Waals surface area contributed by atoms with Crippen LogP contribution in [0.2, 0.25) is 0 Å². The minimum atomic E-state index is -0.256. The summed E-state index contributed by atoms with van der Waals surface area (Å²) < 4.78 is 0. The van der Waals surface area contributed by atoms with Crippen molar-refractivity contribution in [3.05, 3.63) is 87.7 Å². The number of anilines is 2. The van der Waals surface area contributed by atoms with Gasteiger partial charge in [-0.25, -0.2) is 4.90 Å². The normalized spacial score (nSPS) is 16.3. The molecule has 0 saturated carbocycles. The summed E-state index contributed by atoms with van der Waals surface area (Å²) in [5.41, 5.74) is 4.89. The monoisotopic (exact) mass is 386 g/mol. The number of imide groups is 1. The lowest BCUT2D eigenvalue weighted by Gasteiger charge is -2.21. The van der Waals surface area contributed by atoms with Crippen molar-refractivity contribution in [3.8, 4) is 0 Å². The first-order chi connectivity index (χ1) is 13.6. The number of para-hydroxylation sites is 1. The number of rotatable bonds is 3. The predicted octanol–water partition coefficient (Wildman–Crippen LogP) is 4.40. The molecule has 4 nitrogen and oxygen atoms in total. The number of carbonyl (C=O) groups is 2. The number of fused-ring (bicyclic) bond motifs is 1. The Morgan fingerprint density at radius 2 is 1.68 bits per heavy atom. The molecule has 5 heteroatoms. The number of hydrogen-bond donors (Lipinski definition) is 0. The van der Waals surface area contributed by atoms with Gasteiger partial charge in [0.15, 0.2) is 0 Å². The van der Waals surface area contributed by atoms with Crippen molar-refractivity contribution >= 4 is 40.1 Å². The van der Waals surface area contributed by atoms with E-state index in [1.54, 1.807) is 0 Å². The summed E-state index contributed by atoms with van der Waals surface area (Å²) in [7, 11) is 0. The molecule has 0 fully saturated rings. The van der Waals surface area contributed by atoms with E-state index in [9.17, 15) is 9.59 Å². The van der Waals surface area contributed by atoms with Gasteiger partial charge >= 0.3 is 0 Å². The molecule has 0 saturated heterocycles. The first kappa shape index (κ1) is 17.0. The largest absolute Gasteiger partial charge is 0.336 e. The van der Waals surface area contributed by atoms with Crippen molar-refractivity contribution in [2.45, 2.75) is 13.3 Å². The molecule has 0 N–H and O–H groups in total. The van der Waals surface area contributed by atoms with Crippen LogP contribution >= 0.6 is 11.3 Å². The van der Waals surface area contributed by atoms with Gasteiger partial charge in [-0.2, -0.15) is 0 Å². The molecular weight excluding hydrogens is 368 g/mol. The molecule has 0 atom stereocenters. The summed E-state index contributed by atoms with van der Waals surface area (Å²) in [6.45, 7) is 2.68. The van der Waals surface area contributed by atoms with Crippen molar-refractivity contribution in [2.24, 2.45) is 0 Å². The molecule has 3 heterocycles. The highest BCUT2D eigenvalue weighted by atomic mass is 32.1. The Kier molecular flexibility index (Phi) is 3.91. The minimum absolute atomic E-state index is 0.254. The van der Waals surface area contributed by atoms with E-state index in [0.29, 0.717) is 23.5 Å². The highest BCUT2D eigenvalue weighted by molar-refractivity contribution is 7.11. The van der Waals surface area contributed by atoms with Crippen LogP contribution < -0.4 is 9.80 Å². The molecule has 0 radical (unpaired) electrons. The third-order valence-corrected chi connectivity index (χ3v) is 6.16. The van der Waals surface area contributed by atoms with Crippen molar-refractivity contribution < 1.29 is 9.59 Å². The highest BCUT2D eigenvalue weighted by Crippen LogP contribution is 2.40. The van der Waals surface area contributed by atoms with Gasteiger partial charge in [0, 0.05) is 17.1 Å². The third-order valence-electron chi connectivity index (χ3n) is 5.28. The van der Waals surface area contributed by atoms with Crippen LogP contribution in [0.1, 0.15) is 16.0 Å². The molecular formula is C23H18N2O2S. The van der Waals surface area contributed by atoms with Gasteiger partial charge in [0.2, 0.25) is 0 Å². The molecule has 0 unspecified atom stereocenters. The Labute approximate surface area is 167 Å². The van der Waals surface area contributed by atoms with E-state index < -0.39 is 0 Å². The van der Waals surface area contributed by atoms with Crippen LogP contribution in [-0.4, -0.2) is 18.4 Å². The standard InChI is InChI=1S/C23H18N2O2S/c1-15-8-10-17(11-9-15)25-22(26)20(19-7-4-14-28-19)21(23(25)27)24-13-12-16-5-2-3-6-18(16)24/h2-11,14H,12-13H2,1H3. The molecule has 0 aliphatic carbocycles. The maximum atomic E-state index is 13.5. The molecule has 1 aromatic heterocycles. The van der Waals surface area contributed by atoms with E-state index in [1.807, 2.05) is 71.8 Å². The topological polar surface area (TPSA) is 40.6 Å². The molecule has 0 spiro atoms. The molecule has 2 aliphatic heterocycles. The van der Waals surface area contributed by atoms with Crippen LogP contribution in [0.15, 0.2) is 71.7 Å². The SMILES string of the molecule is Cc1ccc(N2C(=O)C(c3cccs3)=C(N3CCc4ccccc43)C2=O)cc1. The minimum Gasteiger partial charge on any atom is -0.336 e. The fourth-order valence-corrected chi connectivity index (χ4v) is 4.67. The van der Waals surface area contributed by atoms with Crippen LogP contribution in [0, 0.1) is 6.92 Å². The van der Waals surface area contributed by atoms with Gasteiger partial charge in [-0.05, 0) is 48.6 Å². The Balaban J connectivity index is 1.67. The number of benzene rings is 2. The van der Waals surface area contributed by atoms with E-state index in [4.69, 9.17) is 0 Å². The zero-order valence-corrected chi connectivity index (χ0v) is 16.2. The average Bonchev–Trinajstić information content (AvgIpc) is 3.41. The molecule has 0 bridgehead atoms. The summed E-state index contributed by atoms with van der Waals surface area (Å²) >= 11 is 1.49. The first-order valence-corrected chi connectivity index (χ1v) is 10.1. The van der Waals surface area contributed by atoms with Gasteiger partial charge in [0.1, 0.15) is 5.70 Å². The maximum absolute atomic E-state index is 13.5. The van der Waals surface area contributed by atoms with Crippen LogP contribution in [0.5, 0.6) is 0 Å². The van der Waals surface area contributed by atoms with E-state index in [-0.39, 0.29) is 11.8 Å². The maximum Gasteiger partial charge on any atom is 0.282 e. The second-order valence-electron chi connectivity index (χ2n) is 7.01.